The molecule has 3 N–H and O–H groups in total. The number of aromatic hydroxyl groups is 1. The van der Waals surface area contributed by atoms with Crippen LogP contribution in [0, 0.1) is 11.3 Å². The summed E-state index contributed by atoms with van der Waals surface area (Å²) < 4.78 is 12.2. The summed E-state index contributed by atoms with van der Waals surface area (Å²) in [5.41, 5.74) is 0.736. The van der Waals surface area contributed by atoms with E-state index in [2.05, 4.69) is 5.32 Å². The molecule has 0 spiro atoms. The molecule has 0 unspecified atom stereocenters. The molecule has 1 aromatic carbocycles. The Balaban J connectivity index is 1.38. The minimum Gasteiger partial charge on any atom is -0.507 e. The van der Waals surface area contributed by atoms with Gasteiger partial charge in [-0.05, 0) is 69.1 Å². The van der Waals surface area contributed by atoms with Crippen molar-refractivity contribution < 1.29 is 34.1 Å². The number of nitrogens with zero attached hydrogens (tertiary/aromatic N) is 1. The van der Waals surface area contributed by atoms with Crippen molar-refractivity contribution in [1.29, 1.82) is 0 Å². The summed E-state index contributed by atoms with van der Waals surface area (Å²) >= 11 is 0. The smallest absolute Gasteiger partial charge is 0.339 e. The fourth-order valence-corrected chi connectivity index (χ4v) is 5.71. The van der Waals surface area contributed by atoms with E-state index in [4.69, 9.17) is 14.6 Å². The van der Waals surface area contributed by atoms with E-state index in [1.54, 1.807) is 24.8 Å². The van der Waals surface area contributed by atoms with Crippen LogP contribution in [0.3, 0.4) is 0 Å². The average molecular weight is 517 g/mol. The molecule has 0 radical (unpaired) electrons. The molecule has 2 amide bonds. The van der Waals surface area contributed by atoms with Crippen molar-refractivity contribution in [2.24, 2.45) is 11.3 Å². The molecule has 1 aliphatic carbocycles. The topological polar surface area (TPSA) is 125 Å². The number of ether oxygens (including phenoxy) is 2. The number of carbonyl (C=O) groups is 3. The number of carboxylic acids is 1. The van der Waals surface area contributed by atoms with Gasteiger partial charge in [0.05, 0.1) is 25.4 Å². The SMILES string of the molecule is CC(C)C(=O)N[C@H](C(=O)N1CCC(c2ccc(C(=O)O)c(O)c2)CC1)[C@@H](C)OCC12CCC(CC1)OC2. The Labute approximate surface area is 218 Å². The molecule has 37 heavy (non-hydrogen) atoms. The normalized spacial score (nSPS) is 25.6. The molecule has 2 bridgehead atoms. The molecule has 4 fully saturated rings. The summed E-state index contributed by atoms with van der Waals surface area (Å²) in [5.74, 6) is -1.89. The lowest BCUT2D eigenvalue weighted by atomic mass is 9.72. The molecule has 4 aliphatic rings. The zero-order chi connectivity index (χ0) is 26.7. The molecule has 3 aliphatic heterocycles. The number of rotatable bonds is 9. The second-order valence-electron chi connectivity index (χ2n) is 11.3. The van der Waals surface area contributed by atoms with Crippen LogP contribution < -0.4 is 5.32 Å². The molecular weight excluding hydrogens is 476 g/mol. The lowest BCUT2D eigenvalue weighted by Crippen LogP contribution is -2.57. The van der Waals surface area contributed by atoms with Gasteiger partial charge in [0.25, 0.3) is 0 Å². The van der Waals surface area contributed by atoms with Crippen molar-refractivity contribution >= 4 is 17.8 Å². The molecule has 0 aromatic heterocycles. The standard InChI is InChI=1S/C28H40N2O7/c1-17(2)25(32)29-24(18(3)36-15-28-10-6-21(7-11-28)37-16-28)26(33)30-12-8-19(9-13-30)20-4-5-22(27(34)35)23(31)14-20/h4-5,14,17-19,21,24,31H,6-13,15-16H2,1-3H3,(H,29,32)(H,34,35)/t18-,21?,24+,28?/m1/s1. The van der Waals surface area contributed by atoms with Gasteiger partial charge < -0.3 is 29.9 Å². The fourth-order valence-electron chi connectivity index (χ4n) is 5.71. The second-order valence-corrected chi connectivity index (χ2v) is 11.3. The quantitative estimate of drug-likeness (QED) is 0.460. The Hall–Kier alpha value is -2.65. The number of fused-ring (bicyclic) bond motifs is 3. The van der Waals surface area contributed by atoms with Gasteiger partial charge in [-0.25, -0.2) is 4.79 Å². The van der Waals surface area contributed by atoms with E-state index in [1.807, 2.05) is 6.92 Å². The Morgan fingerprint density at radius 3 is 2.35 bits per heavy atom. The number of hydrogen-bond acceptors (Lipinski definition) is 6. The number of piperidine rings is 1. The molecule has 1 aromatic rings. The highest BCUT2D eigenvalue weighted by Crippen LogP contribution is 2.43. The van der Waals surface area contributed by atoms with E-state index >= 15 is 0 Å². The van der Waals surface area contributed by atoms with Crippen molar-refractivity contribution in [2.45, 2.75) is 83.5 Å². The van der Waals surface area contributed by atoms with Crippen LogP contribution in [-0.2, 0) is 19.1 Å². The zero-order valence-electron chi connectivity index (χ0n) is 22.1. The monoisotopic (exact) mass is 516 g/mol. The molecule has 2 atom stereocenters. The third-order valence-electron chi connectivity index (χ3n) is 8.36. The summed E-state index contributed by atoms with van der Waals surface area (Å²) in [5, 5.41) is 22.2. The van der Waals surface area contributed by atoms with Gasteiger partial charge in [-0.3, -0.25) is 9.59 Å². The van der Waals surface area contributed by atoms with Crippen molar-refractivity contribution in [3.8, 4) is 5.75 Å². The maximum absolute atomic E-state index is 13.6. The highest BCUT2D eigenvalue weighted by molar-refractivity contribution is 5.91. The van der Waals surface area contributed by atoms with Crippen LogP contribution in [0.4, 0.5) is 0 Å². The largest absolute Gasteiger partial charge is 0.507 e. The minimum atomic E-state index is -1.17. The Kier molecular flexibility index (Phi) is 8.43. The number of amides is 2. The maximum atomic E-state index is 13.6. The zero-order valence-corrected chi connectivity index (χ0v) is 22.1. The number of nitrogens with one attached hydrogen (secondary N) is 1. The van der Waals surface area contributed by atoms with Crippen molar-refractivity contribution in [1.82, 2.24) is 10.2 Å². The van der Waals surface area contributed by atoms with E-state index in [0.29, 0.717) is 45.2 Å². The van der Waals surface area contributed by atoms with Gasteiger partial charge in [-0.1, -0.05) is 19.9 Å². The van der Waals surface area contributed by atoms with Gasteiger partial charge in [-0.15, -0.1) is 0 Å². The summed E-state index contributed by atoms with van der Waals surface area (Å²) in [7, 11) is 0. The van der Waals surface area contributed by atoms with Gasteiger partial charge in [0.15, 0.2) is 0 Å². The van der Waals surface area contributed by atoms with E-state index < -0.39 is 18.1 Å². The van der Waals surface area contributed by atoms with Crippen LogP contribution in [-0.4, -0.2) is 77.4 Å². The van der Waals surface area contributed by atoms with E-state index in [1.165, 1.54) is 12.1 Å². The Morgan fingerprint density at radius 1 is 1.14 bits per heavy atom. The molecular formula is C28H40N2O7. The summed E-state index contributed by atoms with van der Waals surface area (Å²) in [6.07, 6.45) is 5.49. The number of aromatic carboxylic acids is 1. The number of hydrogen-bond donors (Lipinski definition) is 3. The Morgan fingerprint density at radius 2 is 1.81 bits per heavy atom. The van der Waals surface area contributed by atoms with Crippen LogP contribution in [0.5, 0.6) is 5.75 Å². The summed E-state index contributed by atoms with van der Waals surface area (Å²) in [6, 6.07) is 3.89. The van der Waals surface area contributed by atoms with Crippen molar-refractivity contribution in [3.05, 3.63) is 29.3 Å². The minimum absolute atomic E-state index is 0.00123. The lowest BCUT2D eigenvalue weighted by Gasteiger charge is -2.46. The average Bonchev–Trinajstić information content (AvgIpc) is 2.90. The number of likely N-dealkylation sites (tertiary alicyclic amines) is 1. The third kappa shape index (κ3) is 6.26. The van der Waals surface area contributed by atoms with Gasteiger partial charge >= 0.3 is 5.97 Å². The highest BCUT2D eigenvalue weighted by atomic mass is 16.5. The fraction of sp³-hybridized carbons (Fsp3) is 0.679. The first-order chi connectivity index (χ1) is 17.6. The van der Waals surface area contributed by atoms with Crippen LogP contribution >= 0.6 is 0 Å². The number of carbonyl (C=O) groups excluding carboxylic acids is 2. The van der Waals surface area contributed by atoms with Crippen molar-refractivity contribution in [3.63, 3.8) is 0 Å². The van der Waals surface area contributed by atoms with Crippen LogP contribution in [0.15, 0.2) is 18.2 Å². The molecule has 3 saturated heterocycles. The van der Waals surface area contributed by atoms with Crippen LogP contribution in [0.1, 0.15) is 81.1 Å². The van der Waals surface area contributed by atoms with Gasteiger partial charge in [0.1, 0.15) is 17.4 Å². The molecule has 9 heteroatoms. The van der Waals surface area contributed by atoms with Gasteiger partial charge in [-0.2, -0.15) is 0 Å². The number of carboxylic acid groups (broad SMARTS) is 1. The number of benzene rings is 1. The van der Waals surface area contributed by atoms with E-state index in [0.717, 1.165) is 31.2 Å². The summed E-state index contributed by atoms with van der Waals surface area (Å²) in [6.45, 7) is 7.67. The Bertz CT molecular complexity index is 980. The van der Waals surface area contributed by atoms with E-state index in [-0.39, 0.29) is 40.4 Å². The van der Waals surface area contributed by atoms with Gasteiger partial charge in [0.2, 0.25) is 11.8 Å². The first-order valence-electron chi connectivity index (χ1n) is 13.5. The van der Waals surface area contributed by atoms with Crippen molar-refractivity contribution in [2.75, 3.05) is 26.3 Å². The predicted octanol–water partition coefficient (Wildman–Crippen LogP) is 3.30. The summed E-state index contributed by atoms with van der Waals surface area (Å²) in [4.78, 5) is 39.2. The molecule has 9 nitrogen and oxygen atoms in total. The first-order valence-corrected chi connectivity index (χ1v) is 13.5. The van der Waals surface area contributed by atoms with Crippen LogP contribution in [0.2, 0.25) is 0 Å². The maximum Gasteiger partial charge on any atom is 0.339 e. The highest BCUT2D eigenvalue weighted by Gasteiger charge is 2.43. The molecule has 204 valence electrons. The second kappa shape index (κ2) is 11.4. The molecule has 3 heterocycles. The van der Waals surface area contributed by atoms with Crippen LogP contribution in [0.25, 0.3) is 0 Å². The van der Waals surface area contributed by atoms with E-state index in [9.17, 15) is 19.5 Å². The number of phenols is 1. The first kappa shape index (κ1) is 27.4. The third-order valence-corrected chi connectivity index (χ3v) is 8.36. The lowest BCUT2D eigenvalue weighted by molar-refractivity contribution is -0.158. The molecule has 5 rings (SSSR count). The predicted molar refractivity (Wildman–Crippen MR) is 136 cm³/mol. The molecule has 1 saturated carbocycles. The van der Waals surface area contributed by atoms with Gasteiger partial charge in [0, 0.05) is 24.4 Å².